The maximum atomic E-state index is 12.8. The van der Waals surface area contributed by atoms with Crippen LogP contribution in [0.15, 0.2) is 48.5 Å². The first-order valence-corrected chi connectivity index (χ1v) is 9.42. The normalized spacial score (nSPS) is 13.6. The molecule has 2 atom stereocenters. The van der Waals surface area contributed by atoms with Crippen LogP contribution in [-0.2, 0) is 11.0 Å². The third-order valence-electron chi connectivity index (χ3n) is 4.89. The van der Waals surface area contributed by atoms with Crippen LogP contribution in [0.5, 0.6) is 0 Å². The number of fused-ring (bicyclic) bond motifs is 1. The van der Waals surface area contributed by atoms with Crippen molar-refractivity contribution >= 4 is 28.8 Å². The molecule has 3 N–H and O–H groups in total. The lowest BCUT2D eigenvalue weighted by molar-refractivity contribution is -0.137. The number of hydrogen-bond donors (Lipinski definition) is 3. The number of carbonyl (C=O) groups excluding carboxylic acids is 2. The van der Waals surface area contributed by atoms with Crippen LogP contribution in [0.25, 0.3) is 11.0 Å². The van der Waals surface area contributed by atoms with E-state index in [0.717, 1.165) is 29.8 Å². The summed E-state index contributed by atoms with van der Waals surface area (Å²) in [6.07, 6.45) is -3.88. The maximum Gasteiger partial charge on any atom is 0.416 e. The Morgan fingerprint density at radius 3 is 2.37 bits per heavy atom. The molecule has 1 heterocycles. The van der Waals surface area contributed by atoms with Crippen LogP contribution in [0.3, 0.4) is 0 Å². The molecule has 0 fully saturated rings. The number of nitrogens with zero attached hydrogens (tertiary/aromatic N) is 1. The molecule has 0 bridgehead atoms. The molecule has 1 aromatic heterocycles. The van der Waals surface area contributed by atoms with Crippen LogP contribution >= 0.6 is 0 Å². The van der Waals surface area contributed by atoms with Crippen molar-refractivity contribution in [1.82, 2.24) is 15.3 Å². The molecule has 158 valence electrons. The Bertz CT molecular complexity index is 1010. The van der Waals surface area contributed by atoms with E-state index in [1.165, 1.54) is 0 Å². The average molecular weight is 418 g/mol. The van der Waals surface area contributed by atoms with Gasteiger partial charge in [0.05, 0.1) is 16.6 Å². The minimum atomic E-state index is -4.49. The number of nitrogens with one attached hydrogen (secondary N) is 3. The third kappa shape index (κ3) is 4.79. The summed E-state index contributed by atoms with van der Waals surface area (Å²) in [5, 5.41) is 5.29. The van der Waals surface area contributed by atoms with E-state index >= 15 is 0 Å². The van der Waals surface area contributed by atoms with E-state index in [1.54, 1.807) is 13.0 Å². The number of H-pyrrole nitrogens is 1. The summed E-state index contributed by atoms with van der Waals surface area (Å²) in [7, 11) is 0. The Kier molecular flexibility index (Phi) is 6.09. The Morgan fingerprint density at radius 2 is 1.77 bits per heavy atom. The smallest absolute Gasteiger partial charge is 0.340 e. The van der Waals surface area contributed by atoms with Gasteiger partial charge in [-0.3, -0.25) is 14.9 Å². The molecule has 3 aromatic rings. The Hall–Kier alpha value is -3.36. The minimum absolute atomic E-state index is 0.0350. The molecule has 0 aliphatic carbocycles. The fourth-order valence-electron chi connectivity index (χ4n) is 2.94. The zero-order valence-corrected chi connectivity index (χ0v) is 16.4. The molecule has 2 amide bonds. The predicted octanol–water partition coefficient (Wildman–Crippen LogP) is 4.36. The molecule has 0 radical (unpaired) electrons. The summed E-state index contributed by atoms with van der Waals surface area (Å²) in [6, 6.07) is 10.2. The molecular formula is C21H21F3N4O2. The summed E-state index contributed by atoms with van der Waals surface area (Å²) in [5.41, 5.74) is 0.622. The number of hydrogen-bond acceptors (Lipinski definition) is 3. The topological polar surface area (TPSA) is 86.9 Å². The highest BCUT2D eigenvalue weighted by Crippen LogP contribution is 2.29. The molecule has 0 spiro atoms. The molecule has 2 aromatic carbocycles. The van der Waals surface area contributed by atoms with Crippen molar-refractivity contribution in [2.75, 3.05) is 5.32 Å². The minimum Gasteiger partial charge on any atom is -0.340 e. The van der Waals surface area contributed by atoms with Gasteiger partial charge in [0.15, 0.2) is 0 Å². The maximum absolute atomic E-state index is 12.8. The number of halogens is 3. The molecule has 30 heavy (non-hydrogen) atoms. The summed E-state index contributed by atoms with van der Waals surface area (Å²) in [5.74, 6) is -1.07. The summed E-state index contributed by atoms with van der Waals surface area (Å²) in [4.78, 5) is 32.6. The second-order valence-corrected chi connectivity index (χ2v) is 7.00. The summed E-state index contributed by atoms with van der Waals surface area (Å²) >= 11 is 0. The van der Waals surface area contributed by atoms with Crippen LogP contribution in [0.1, 0.15) is 36.2 Å². The molecule has 9 heteroatoms. The number of rotatable bonds is 6. The quantitative estimate of drug-likeness (QED) is 0.556. The monoisotopic (exact) mass is 418 g/mol. The zero-order chi connectivity index (χ0) is 21.9. The average Bonchev–Trinajstić information content (AvgIpc) is 3.12. The highest BCUT2D eigenvalue weighted by Gasteiger charge is 2.31. The molecule has 3 rings (SSSR count). The number of imidazole rings is 1. The number of benzene rings is 2. The van der Waals surface area contributed by atoms with Crippen molar-refractivity contribution in [2.24, 2.45) is 5.92 Å². The lowest BCUT2D eigenvalue weighted by atomic mass is 9.98. The molecular weight excluding hydrogens is 397 g/mol. The second-order valence-electron chi connectivity index (χ2n) is 7.00. The van der Waals surface area contributed by atoms with E-state index in [9.17, 15) is 22.8 Å². The lowest BCUT2D eigenvalue weighted by Gasteiger charge is -2.23. The SMILES string of the molecule is CC[C@@H](C)[C@@H](NC(=O)c1ccc(C(F)(F)F)cc1)C(=O)Nc1nc2ccccc2[nH]1. The summed E-state index contributed by atoms with van der Waals surface area (Å²) in [6.45, 7) is 3.67. The first kappa shape index (κ1) is 21.4. The first-order valence-electron chi connectivity index (χ1n) is 9.42. The van der Waals surface area contributed by atoms with E-state index in [-0.39, 0.29) is 17.4 Å². The summed E-state index contributed by atoms with van der Waals surface area (Å²) < 4.78 is 38.1. The van der Waals surface area contributed by atoms with Crippen LogP contribution in [0.4, 0.5) is 19.1 Å². The van der Waals surface area contributed by atoms with Crippen molar-refractivity contribution in [3.63, 3.8) is 0 Å². The highest BCUT2D eigenvalue weighted by molar-refractivity contribution is 6.01. The number of anilines is 1. The number of amides is 2. The van der Waals surface area contributed by atoms with Gasteiger partial charge in [-0.1, -0.05) is 32.4 Å². The van der Waals surface area contributed by atoms with E-state index in [2.05, 4.69) is 20.6 Å². The fourth-order valence-corrected chi connectivity index (χ4v) is 2.94. The van der Waals surface area contributed by atoms with Gasteiger partial charge in [0.1, 0.15) is 6.04 Å². The van der Waals surface area contributed by atoms with Gasteiger partial charge < -0.3 is 10.3 Å². The van der Waals surface area contributed by atoms with Crippen molar-refractivity contribution < 1.29 is 22.8 Å². The first-order chi connectivity index (χ1) is 14.2. The third-order valence-corrected chi connectivity index (χ3v) is 4.89. The Balaban J connectivity index is 1.74. The van der Waals surface area contributed by atoms with E-state index in [4.69, 9.17) is 0 Å². The van der Waals surface area contributed by atoms with Crippen LogP contribution in [0.2, 0.25) is 0 Å². The van der Waals surface area contributed by atoms with Gasteiger partial charge in [-0.25, -0.2) is 4.98 Å². The van der Waals surface area contributed by atoms with Crippen LogP contribution in [0, 0.1) is 5.92 Å². The predicted molar refractivity (Wildman–Crippen MR) is 107 cm³/mol. The van der Waals surface area contributed by atoms with Gasteiger partial charge in [0, 0.05) is 5.56 Å². The van der Waals surface area contributed by atoms with Crippen molar-refractivity contribution in [3.8, 4) is 0 Å². The molecule has 6 nitrogen and oxygen atoms in total. The number of para-hydroxylation sites is 2. The van der Waals surface area contributed by atoms with Gasteiger partial charge in [-0.05, 0) is 42.3 Å². The molecule has 0 aliphatic rings. The van der Waals surface area contributed by atoms with Crippen molar-refractivity contribution in [2.45, 2.75) is 32.5 Å². The number of aromatic amines is 1. The van der Waals surface area contributed by atoms with E-state index in [0.29, 0.717) is 11.9 Å². The van der Waals surface area contributed by atoms with Gasteiger partial charge >= 0.3 is 6.18 Å². The van der Waals surface area contributed by atoms with Gasteiger partial charge in [0.2, 0.25) is 11.9 Å². The van der Waals surface area contributed by atoms with E-state index < -0.39 is 29.6 Å². The van der Waals surface area contributed by atoms with Crippen LogP contribution in [-0.4, -0.2) is 27.8 Å². The van der Waals surface area contributed by atoms with Crippen molar-refractivity contribution in [1.29, 1.82) is 0 Å². The molecule has 0 saturated carbocycles. The van der Waals surface area contributed by atoms with Crippen LogP contribution < -0.4 is 10.6 Å². The van der Waals surface area contributed by atoms with Gasteiger partial charge in [-0.2, -0.15) is 13.2 Å². The molecule has 0 unspecified atom stereocenters. The lowest BCUT2D eigenvalue weighted by Crippen LogP contribution is -2.47. The highest BCUT2D eigenvalue weighted by atomic mass is 19.4. The van der Waals surface area contributed by atoms with Crippen molar-refractivity contribution in [3.05, 3.63) is 59.7 Å². The van der Waals surface area contributed by atoms with Gasteiger partial charge in [-0.15, -0.1) is 0 Å². The largest absolute Gasteiger partial charge is 0.416 e. The zero-order valence-electron chi connectivity index (χ0n) is 16.4. The van der Waals surface area contributed by atoms with E-state index in [1.807, 2.05) is 25.1 Å². The number of carbonyl (C=O) groups is 2. The fraction of sp³-hybridized carbons (Fsp3) is 0.286. The Labute approximate surface area is 170 Å². The Morgan fingerprint density at radius 1 is 1.10 bits per heavy atom. The number of aromatic nitrogens is 2. The standard InChI is InChI=1S/C21H21F3N4O2/c1-3-12(2)17(19(30)28-20-25-15-6-4-5-7-16(15)26-20)27-18(29)13-8-10-14(11-9-13)21(22,23)24/h4-12,17H,3H2,1-2H3,(H,27,29)(H2,25,26,28,30)/t12-,17-/m1/s1. The number of alkyl halides is 3. The molecule has 0 saturated heterocycles. The van der Waals surface area contributed by atoms with Gasteiger partial charge in [0.25, 0.3) is 5.91 Å². The second kappa shape index (κ2) is 8.56. The molecule has 0 aliphatic heterocycles.